The number of rotatable bonds is 4. The van der Waals surface area contributed by atoms with Crippen molar-refractivity contribution in [2.24, 2.45) is 0 Å². The Bertz CT molecular complexity index is 777. The molecular formula is C18H20O5. The van der Waals surface area contributed by atoms with Gasteiger partial charge in [-0.05, 0) is 56.3 Å². The number of hydrogen-bond acceptors (Lipinski definition) is 5. The van der Waals surface area contributed by atoms with Crippen molar-refractivity contribution < 1.29 is 24.2 Å². The van der Waals surface area contributed by atoms with E-state index in [2.05, 4.69) is 0 Å². The molecule has 5 heteroatoms. The van der Waals surface area contributed by atoms with Gasteiger partial charge in [0.25, 0.3) is 0 Å². The summed E-state index contributed by atoms with van der Waals surface area (Å²) in [5.41, 5.74) is 1.86. The van der Waals surface area contributed by atoms with Gasteiger partial charge in [0, 0.05) is 5.39 Å². The molecule has 0 aromatic heterocycles. The summed E-state index contributed by atoms with van der Waals surface area (Å²) in [6.07, 6.45) is 0. The average molecular weight is 316 g/mol. The van der Waals surface area contributed by atoms with E-state index in [1.54, 1.807) is 26.0 Å². The summed E-state index contributed by atoms with van der Waals surface area (Å²) in [4.78, 5) is 24.4. The van der Waals surface area contributed by atoms with E-state index >= 15 is 0 Å². The molecule has 0 unspecified atom stereocenters. The van der Waals surface area contributed by atoms with Crippen LogP contribution in [0.1, 0.15) is 45.7 Å². The number of carbonyl (C=O) groups is 2. The fraction of sp³-hybridized carbons (Fsp3) is 0.333. The number of fused-ring (bicyclic) bond motifs is 1. The van der Waals surface area contributed by atoms with Crippen molar-refractivity contribution in [3.63, 3.8) is 0 Å². The van der Waals surface area contributed by atoms with E-state index in [1.165, 1.54) is 0 Å². The van der Waals surface area contributed by atoms with Gasteiger partial charge in [0.1, 0.15) is 11.3 Å². The van der Waals surface area contributed by atoms with Gasteiger partial charge in [-0.25, -0.2) is 9.59 Å². The zero-order chi connectivity index (χ0) is 17.1. The minimum absolute atomic E-state index is 0.0125. The smallest absolute Gasteiger partial charge is 0.342 e. The largest absolute Gasteiger partial charge is 0.506 e. The number of benzene rings is 2. The monoisotopic (exact) mass is 316 g/mol. The van der Waals surface area contributed by atoms with E-state index in [4.69, 9.17) is 9.47 Å². The lowest BCUT2D eigenvalue weighted by atomic mass is 9.96. The predicted octanol–water partition coefficient (Wildman–Crippen LogP) is 3.52. The van der Waals surface area contributed by atoms with Crippen LogP contribution in [0.5, 0.6) is 5.75 Å². The molecule has 23 heavy (non-hydrogen) atoms. The number of ether oxygens (including phenoxy) is 2. The first kappa shape index (κ1) is 16.8. The molecule has 0 radical (unpaired) electrons. The number of carbonyl (C=O) groups excluding carboxylic acids is 2. The van der Waals surface area contributed by atoms with Crippen LogP contribution in [0.2, 0.25) is 0 Å². The van der Waals surface area contributed by atoms with Crippen LogP contribution in [0.3, 0.4) is 0 Å². The van der Waals surface area contributed by atoms with Crippen LogP contribution in [-0.4, -0.2) is 30.3 Å². The molecule has 0 heterocycles. The standard InChI is InChI=1S/C18H20O5/c1-5-22-17(20)14-9-12-7-10(3)11(4)8-13(12)16(19)15(14)18(21)23-6-2/h7-9,19H,5-6H2,1-4H3. The highest BCUT2D eigenvalue weighted by Gasteiger charge is 2.25. The Morgan fingerprint density at radius 2 is 1.52 bits per heavy atom. The third-order valence-corrected chi connectivity index (χ3v) is 3.70. The molecule has 0 fully saturated rings. The molecule has 0 saturated carbocycles. The van der Waals surface area contributed by atoms with Crippen molar-refractivity contribution in [1.29, 1.82) is 0 Å². The summed E-state index contributed by atoms with van der Waals surface area (Å²) in [6.45, 7) is 7.51. The number of aryl methyl sites for hydroxylation is 2. The van der Waals surface area contributed by atoms with E-state index in [0.29, 0.717) is 10.8 Å². The van der Waals surface area contributed by atoms with Crippen molar-refractivity contribution in [2.45, 2.75) is 27.7 Å². The second-order valence-electron chi connectivity index (χ2n) is 5.25. The van der Waals surface area contributed by atoms with Gasteiger partial charge in [0.2, 0.25) is 0 Å². The lowest BCUT2D eigenvalue weighted by Gasteiger charge is -2.14. The van der Waals surface area contributed by atoms with Crippen LogP contribution < -0.4 is 0 Å². The van der Waals surface area contributed by atoms with Crippen LogP contribution in [0.15, 0.2) is 18.2 Å². The number of phenols is 1. The summed E-state index contributed by atoms with van der Waals surface area (Å²) in [7, 11) is 0. The Balaban J connectivity index is 2.79. The van der Waals surface area contributed by atoms with Gasteiger partial charge in [0.15, 0.2) is 0 Å². The molecule has 0 bridgehead atoms. The average Bonchev–Trinajstić information content (AvgIpc) is 2.49. The Kier molecular flexibility index (Phi) is 4.89. The first-order valence-electron chi connectivity index (χ1n) is 7.51. The molecule has 0 saturated heterocycles. The molecule has 0 amide bonds. The molecule has 0 aliphatic rings. The second-order valence-corrected chi connectivity index (χ2v) is 5.25. The summed E-state index contributed by atoms with van der Waals surface area (Å²) >= 11 is 0. The third kappa shape index (κ3) is 3.13. The van der Waals surface area contributed by atoms with Crippen LogP contribution in [-0.2, 0) is 9.47 Å². The topological polar surface area (TPSA) is 72.8 Å². The zero-order valence-electron chi connectivity index (χ0n) is 13.7. The van der Waals surface area contributed by atoms with Crippen molar-refractivity contribution in [3.8, 4) is 5.75 Å². The zero-order valence-corrected chi connectivity index (χ0v) is 13.7. The number of phenolic OH excluding ortho intramolecular Hbond substituents is 1. The highest BCUT2D eigenvalue weighted by molar-refractivity contribution is 6.11. The van der Waals surface area contributed by atoms with E-state index in [-0.39, 0.29) is 30.1 Å². The molecule has 0 atom stereocenters. The minimum atomic E-state index is -0.742. The third-order valence-electron chi connectivity index (χ3n) is 3.70. The first-order chi connectivity index (χ1) is 10.9. The molecule has 122 valence electrons. The van der Waals surface area contributed by atoms with E-state index in [0.717, 1.165) is 11.1 Å². The summed E-state index contributed by atoms with van der Waals surface area (Å²) in [5.74, 6) is -1.66. The van der Waals surface area contributed by atoms with E-state index in [9.17, 15) is 14.7 Å². The molecule has 0 aliphatic carbocycles. The Morgan fingerprint density at radius 1 is 0.957 bits per heavy atom. The van der Waals surface area contributed by atoms with Gasteiger partial charge in [-0.1, -0.05) is 6.07 Å². The maximum atomic E-state index is 12.2. The summed E-state index contributed by atoms with van der Waals surface area (Å²) in [5, 5.41) is 11.7. The molecular weight excluding hydrogens is 296 g/mol. The number of esters is 2. The van der Waals surface area contributed by atoms with Crippen molar-refractivity contribution in [1.82, 2.24) is 0 Å². The molecule has 2 aromatic rings. The van der Waals surface area contributed by atoms with Gasteiger partial charge < -0.3 is 14.6 Å². The quantitative estimate of drug-likeness (QED) is 0.874. The van der Waals surface area contributed by atoms with Crippen molar-refractivity contribution in [3.05, 3.63) is 40.5 Å². The molecule has 0 spiro atoms. The van der Waals surface area contributed by atoms with Crippen LogP contribution in [0.25, 0.3) is 10.8 Å². The maximum Gasteiger partial charge on any atom is 0.342 e. The van der Waals surface area contributed by atoms with Crippen LogP contribution in [0, 0.1) is 13.8 Å². The van der Waals surface area contributed by atoms with Gasteiger partial charge in [-0.3, -0.25) is 0 Å². The fourth-order valence-electron chi connectivity index (χ4n) is 2.43. The van der Waals surface area contributed by atoms with Gasteiger partial charge >= 0.3 is 11.9 Å². The minimum Gasteiger partial charge on any atom is -0.506 e. The molecule has 0 aliphatic heterocycles. The first-order valence-corrected chi connectivity index (χ1v) is 7.51. The Hall–Kier alpha value is -2.56. The molecule has 5 nitrogen and oxygen atoms in total. The Labute approximate surface area is 134 Å². The summed E-state index contributed by atoms with van der Waals surface area (Å²) in [6, 6.07) is 5.21. The number of aromatic hydroxyl groups is 1. The highest BCUT2D eigenvalue weighted by Crippen LogP contribution is 2.34. The van der Waals surface area contributed by atoms with Crippen molar-refractivity contribution >= 4 is 22.7 Å². The van der Waals surface area contributed by atoms with Crippen molar-refractivity contribution in [2.75, 3.05) is 13.2 Å². The van der Waals surface area contributed by atoms with Gasteiger partial charge in [0.05, 0.1) is 18.8 Å². The molecule has 2 aromatic carbocycles. The fourth-order valence-corrected chi connectivity index (χ4v) is 2.43. The molecule has 1 N–H and O–H groups in total. The lowest BCUT2D eigenvalue weighted by Crippen LogP contribution is -2.14. The van der Waals surface area contributed by atoms with E-state index in [1.807, 2.05) is 19.9 Å². The predicted molar refractivity (Wildman–Crippen MR) is 87.0 cm³/mol. The molecule has 2 rings (SSSR count). The summed E-state index contributed by atoms with van der Waals surface area (Å²) < 4.78 is 9.97. The SMILES string of the molecule is CCOC(=O)c1cc2cc(C)c(C)cc2c(O)c1C(=O)OCC. The van der Waals surface area contributed by atoms with Gasteiger partial charge in [-0.15, -0.1) is 0 Å². The van der Waals surface area contributed by atoms with Gasteiger partial charge in [-0.2, -0.15) is 0 Å². The van der Waals surface area contributed by atoms with E-state index < -0.39 is 11.9 Å². The van der Waals surface area contributed by atoms with Crippen LogP contribution >= 0.6 is 0 Å². The highest BCUT2D eigenvalue weighted by atomic mass is 16.5. The Morgan fingerprint density at radius 3 is 2.13 bits per heavy atom. The number of hydrogen-bond donors (Lipinski definition) is 1. The van der Waals surface area contributed by atoms with Crippen LogP contribution in [0.4, 0.5) is 0 Å². The normalized spacial score (nSPS) is 10.6. The lowest BCUT2D eigenvalue weighted by molar-refractivity contribution is 0.0476. The maximum absolute atomic E-state index is 12.2. The second kappa shape index (κ2) is 6.69.